The van der Waals surface area contributed by atoms with E-state index in [2.05, 4.69) is 41.5 Å². The van der Waals surface area contributed by atoms with E-state index in [0.717, 1.165) is 56.7 Å². The van der Waals surface area contributed by atoms with Gasteiger partial charge in [-0.1, -0.05) is 19.3 Å². The van der Waals surface area contributed by atoms with E-state index in [0.29, 0.717) is 13.0 Å². The molecule has 168 valence electrons. The van der Waals surface area contributed by atoms with Crippen LogP contribution in [-0.4, -0.2) is 48.0 Å². The van der Waals surface area contributed by atoms with E-state index in [4.69, 9.17) is 4.74 Å². The minimum atomic E-state index is -0.0789. The summed E-state index contributed by atoms with van der Waals surface area (Å²) in [4.78, 5) is 15.6. The zero-order valence-electron chi connectivity index (χ0n) is 19.0. The molecule has 2 N–H and O–H groups in total. The summed E-state index contributed by atoms with van der Waals surface area (Å²) < 4.78 is 6.88. The molecule has 29 heavy (non-hydrogen) atoms. The van der Waals surface area contributed by atoms with Crippen LogP contribution in [0.4, 0.5) is 0 Å². The molecule has 0 aliphatic carbocycles. The Morgan fingerprint density at radius 2 is 1.86 bits per heavy atom. The largest absolute Gasteiger partial charge is 0.466 e. The second-order valence-corrected chi connectivity index (χ2v) is 7.34. The molecule has 0 aliphatic heterocycles. The van der Waals surface area contributed by atoms with Gasteiger partial charge in [0.25, 0.3) is 0 Å². The predicted octanol–water partition coefficient (Wildman–Crippen LogP) is 3.65. The monoisotopic (exact) mass is 521 g/mol. The molecule has 1 unspecified atom stereocenters. The van der Waals surface area contributed by atoms with Gasteiger partial charge >= 0.3 is 5.97 Å². The van der Waals surface area contributed by atoms with Crippen molar-refractivity contribution >= 4 is 35.9 Å². The molecule has 1 rings (SSSR count). The predicted molar refractivity (Wildman–Crippen MR) is 130 cm³/mol. The summed E-state index contributed by atoms with van der Waals surface area (Å²) in [6, 6.07) is 0.274. The molecular formula is C21H40IN5O2. The van der Waals surface area contributed by atoms with E-state index < -0.39 is 0 Å². The second kappa shape index (κ2) is 15.5. The first kappa shape index (κ1) is 27.7. The number of guanidine groups is 1. The van der Waals surface area contributed by atoms with Gasteiger partial charge in [0.1, 0.15) is 0 Å². The summed E-state index contributed by atoms with van der Waals surface area (Å²) in [6.45, 7) is 9.56. The molecule has 1 aromatic heterocycles. The summed E-state index contributed by atoms with van der Waals surface area (Å²) >= 11 is 0. The van der Waals surface area contributed by atoms with Crippen LogP contribution < -0.4 is 10.6 Å². The van der Waals surface area contributed by atoms with Crippen LogP contribution in [-0.2, 0) is 23.0 Å². The number of aliphatic imine (C=N–C) groups is 1. The van der Waals surface area contributed by atoms with Crippen LogP contribution in [0.5, 0.6) is 0 Å². The van der Waals surface area contributed by atoms with Crippen LogP contribution in [0.2, 0.25) is 0 Å². The topological polar surface area (TPSA) is 80.5 Å². The number of carbonyl (C=O) groups excluding carboxylic acids is 1. The lowest BCUT2D eigenvalue weighted by Crippen LogP contribution is -2.43. The molecule has 1 atom stereocenters. The minimum absolute atomic E-state index is 0. The van der Waals surface area contributed by atoms with Gasteiger partial charge in [0.15, 0.2) is 5.96 Å². The Hall–Kier alpha value is -1.32. The number of ether oxygens (including phenoxy) is 1. The van der Waals surface area contributed by atoms with Crippen molar-refractivity contribution in [3.63, 3.8) is 0 Å². The zero-order chi connectivity index (χ0) is 20.9. The number of hydrogen-bond donors (Lipinski definition) is 2. The van der Waals surface area contributed by atoms with Crippen molar-refractivity contribution in [3.05, 3.63) is 17.0 Å². The Balaban J connectivity index is 0.00000784. The van der Waals surface area contributed by atoms with Gasteiger partial charge in [0, 0.05) is 38.8 Å². The maximum atomic E-state index is 11.3. The van der Waals surface area contributed by atoms with Crippen molar-refractivity contribution in [3.8, 4) is 0 Å². The number of unbranched alkanes of at least 4 members (excludes halogenated alkanes) is 4. The molecular weight excluding hydrogens is 481 g/mol. The number of aryl methyl sites for hydroxylation is 2. The quantitative estimate of drug-likeness (QED) is 0.144. The van der Waals surface area contributed by atoms with Crippen molar-refractivity contribution in [2.24, 2.45) is 12.0 Å². The number of nitrogens with zero attached hydrogens (tertiary/aromatic N) is 3. The molecule has 0 radical (unpaired) electrons. The van der Waals surface area contributed by atoms with Crippen molar-refractivity contribution in [2.45, 2.75) is 78.7 Å². The molecule has 1 aromatic rings. The first-order valence-electron chi connectivity index (χ1n) is 10.5. The van der Waals surface area contributed by atoms with Crippen LogP contribution in [0, 0.1) is 13.8 Å². The summed E-state index contributed by atoms with van der Waals surface area (Å²) in [5.41, 5.74) is 3.62. The van der Waals surface area contributed by atoms with Crippen LogP contribution >= 0.6 is 24.0 Å². The smallest absolute Gasteiger partial charge is 0.305 e. The molecule has 0 saturated carbocycles. The van der Waals surface area contributed by atoms with E-state index in [-0.39, 0.29) is 36.0 Å². The van der Waals surface area contributed by atoms with Gasteiger partial charge in [-0.15, -0.1) is 24.0 Å². The van der Waals surface area contributed by atoms with Crippen molar-refractivity contribution in [2.75, 3.05) is 20.2 Å². The van der Waals surface area contributed by atoms with Gasteiger partial charge in [0.05, 0.1) is 12.3 Å². The van der Waals surface area contributed by atoms with Gasteiger partial charge in [-0.3, -0.25) is 14.5 Å². The molecule has 0 aliphatic rings. The highest BCUT2D eigenvalue weighted by molar-refractivity contribution is 14.0. The Kier molecular flexibility index (Phi) is 14.8. The molecule has 0 saturated heterocycles. The van der Waals surface area contributed by atoms with E-state index in [1.54, 1.807) is 7.05 Å². The first-order valence-corrected chi connectivity index (χ1v) is 10.5. The van der Waals surface area contributed by atoms with E-state index in [9.17, 15) is 4.79 Å². The number of hydrogen-bond acceptors (Lipinski definition) is 4. The number of halogens is 1. The molecule has 7 nitrogen and oxygen atoms in total. The van der Waals surface area contributed by atoms with Gasteiger partial charge in [-0.05, 0) is 52.5 Å². The van der Waals surface area contributed by atoms with Crippen molar-refractivity contribution in [1.29, 1.82) is 0 Å². The second-order valence-electron chi connectivity index (χ2n) is 7.34. The van der Waals surface area contributed by atoms with E-state index in [1.165, 1.54) is 11.3 Å². The molecule has 0 amide bonds. The van der Waals surface area contributed by atoms with Crippen molar-refractivity contribution in [1.82, 2.24) is 20.4 Å². The Morgan fingerprint density at radius 3 is 2.45 bits per heavy atom. The molecule has 0 spiro atoms. The van der Waals surface area contributed by atoms with Gasteiger partial charge in [-0.25, -0.2) is 0 Å². The highest BCUT2D eigenvalue weighted by atomic mass is 127. The summed E-state index contributed by atoms with van der Waals surface area (Å²) in [7, 11) is 3.79. The summed E-state index contributed by atoms with van der Waals surface area (Å²) in [6.07, 6.45) is 6.84. The molecule has 0 fully saturated rings. The number of carbonyl (C=O) groups is 1. The third-order valence-electron chi connectivity index (χ3n) is 4.93. The molecule has 0 aromatic carbocycles. The fourth-order valence-electron chi connectivity index (χ4n) is 3.26. The standard InChI is InChI=1S/C21H39N5O2.HI/c1-7-28-20(27)13-11-9-8-10-12-14-23-21(22-5)24-16(2)15-19-17(3)25-26(6)18(19)4;/h16H,7-15H2,1-6H3,(H2,22,23,24);1H. The van der Waals surface area contributed by atoms with Crippen LogP contribution in [0.25, 0.3) is 0 Å². The molecule has 1 heterocycles. The Bertz CT molecular complexity index is 631. The lowest BCUT2D eigenvalue weighted by Gasteiger charge is -2.18. The number of rotatable bonds is 12. The lowest BCUT2D eigenvalue weighted by atomic mass is 10.1. The van der Waals surface area contributed by atoms with Gasteiger partial charge in [0.2, 0.25) is 0 Å². The SMILES string of the molecule is CCOC(=O)CCCCCCCNC(=NC)NC(C)Cc1c(C)nn(C)c1C.I. The van der Waals surface area contributed by atoms with Gasteiger partial charge < -0.3 is 15.4 Å². The fraction of sp³-hybridized carbons (Fsp3) is 0.762. The first-order chi connectivity index (χ1) is 13.4. The summed E-state index contributed by atoms with van der Waals surface area (Å²) in [5, 5.41) is 11.3. The molecule has 8 heteroatoms. The number of nitrogens with one attached hydrogen (secondary N) is 2. The third kappa shape index (κ3) is 10.9. The summed E-state index contributed by atoms with van der Waals surface area (Å²) in [5.74, 6) is 0.763. The average molecular weight is 521 g/mol. The number of aromatic nitrogens is 2. The van der Waals surface area contributed by atoms with E-state index >= 15 is 0 Å². The Labute approximate surface area is 193 Å². The normalized spacial score (nSPS) is 12.3. The molecule has 0 bridgehead atoms. The lowest BCUT2D eigenvalue weighted by molar-refractivity contribution is -0.143. The van der Waals surface area contributed by atoms with E-state index in [1.807, 2.05) is 18.7 Å². The van der Waals surface area contributed by atoms with Crippen LogP contribution in [0.1, 0.15) is 69.3 Å². The third-order valence-corrected chi connectivity index (χ3v) is 4.93. The highest BCUT2D eigenvalue weighted by Crippen LogP contribution is 2.14. The van der Waals surface area contributed by atoms with Gasteiger partial charge in [-0.2, -0.15) is 5.10 Å². The highest BCUT2D eigenvalue weighted by Gasteiger charge is 2.13. The maximum absolute atomic E-state index is 11.3. The van der Waals surface area contributed by atoms with Crippen molar-refractivity contribution < 1.29 is 9.53 Å². The van der Waals surface area contributed by atoms with Crippen LogP contribution in [0.15, 0.2) is 4.99 Å². The number of esters is 1. The average Bonchev–Trinajstić information content (AvgIpc) is 2.89. The Morgan fingerprint density at radius 1 is 1.21 bits per heavy atom. The zero-order valence-corrected chi connectivity index (χ0v) is 21.3. The fourth-order valence-corrected chi connectivity index (χ4v) is 3.26. The maximum Gasteiger partial charge on any atom is 0.305 e. The minimum Gasteiger partial charge on any atom is -0.466 e. The van der Waals surface area contributed by atoms with Crippen LogP contribution in [0.3, 0.4) is 0 Å².